The molecule has 1 fully saturated rings. The van der Waals surface area contributed by atoms with Crippen molar-refractivity contribution in [1.82, 2.24) is 5.16 Å². The van der Waals surface area contributed by atoms with E-state index in [1.807, 2.05) is 69.3 Å². The molecule has 8 heteroatoms. The Morgan fingerprint density at radius 1 is 1.06 bits per heavy atom. The van der Waals surface area contributed by atoms with Gasteiger partial charge in [-0.2, -0.15) is 0 Å². The van der Waals surface area contributed by atoms with Crippen molar-refractivity contribution in [2.75, 3.05) is 13.2 Å². The fraction of sp³-hybridized carbons (Fsp3) is 0.360. The minimum atomic E-state index is -1.80. The molecule has 3 aliphatic heterocycles. The summed E-state index contributed by atoms with van der Waals surface area (Å²) in [5.41, 5.74) is 4.59. The maximum atomic E-state index is 11.5. The number of aromatic nitrogens is 1. The highest BCUT2D eigenvalue weighted by molar-refractivity contribution is 6.06. The number of hydrogen-bond donors (Lipinski definition) is 1. The van der Waals surface area contributed by atoms with Crippen molar-refractivity contribution in [2.45, 2.75) is 38.4 Å². The van der Waals surface area contributed by atoms with Crippen molar-refractivity contribution in [2.24, 2.45) is 11.1 Å². The van der Waals surface area contributed by atoms with Crippen LogP contribution in [0, 0.1) is 12.8 Å². The first-order valence-corrected chi connectivity index (χ1v) is 11.0. The van der Waals surface area contributed by atoms with Crippen LogP contribution in [0.1, 0.15) is 42.4 Å². The molecular weight excluding hydrogens is 424 g/mol. The predicted octanol–water partition coefficient (Wildman–Crippen LogP) is 4.06. The Bertz CT molecular complexity index is 1250. The summed E-state index contributed by atoms with van der Waals surface area (Å²) in [5.74, 6) is -2.08. The average molecular weight is 448 g/mol. The van der Waals surface area contributed by atoms with Crippen LogP contribution in [0.3, 0.4) is 0 Å². The number of oxime groups is 1. The second kappa shape index (κ2) is 7.15. The van der Waals surface area contributed by atoms with Gasteiger partial charge in [-0.15, -0.1) is 0 Å². The summed E-state index contributed by atoms with van der Waals surface area (Å²) in [7, 11) is 0. The van der Waals surface area contributed by atoms with E-state index in [0.717, 1.165) is 16.7 Å². The third kappa shape index (κ3) is 3.17. The monoisotopic (exact) mass is 448 g/mol. The molecule has 0 spiro atoms. The standard InChI is InChI=1S/C25H24N2O6/c1-14-21(15-7-5-4-6-8-15)26-32-23(14)25(28)18-12-29-19-11-16(20-13-30-24(2,3)31-20)9-10-17(19)22(18)27-33-25/h4-11,18,20,28H,12-13H2,1-3H3. The van der Waals surface area contributed by atoms with Crippen LogP contribution in [0.4, 0.5) is 0 Å². The number of fused-ring (bicyclic) bond motifs is 3. The van der Waals surface area contributed by atoms with Crippen LogP contribution in [0.25, 0.3) is 11.3 Å². The number of aliphatic hydroxyl groups is 1. The van der Waals surface area contributed by atoms with Crippen LogP contribution in [-0.4, -0.2) is 35.0 Å². The van der Waals surface area contributed by atoms with E-state index >= 15 is 0 Å². The van der Waals surface area contributed by atoms with Gasteiger partial charge in [0.1, 0.15) is 35.8 Å². The largest absolute Gasteiger partial charge is 0.492 e. The summed E-state index contributed by atoms with van der Waals surface area (Å²) < 4.78 is 23.3. The quantitative estimate of drug-likeness (QED) is 0.645. The number of nitrogens with zero attached hydrogens (tertiary/aromatic N) is 2. The zero-order valence-corrected chi connectivity index (χ0v) is 18.6. The van der Waals surface area contributed by atoms with Gasteiger partial charge in [0.15, 0.2) is 5.79 Å². The van der Waals surface area contributed by atoms with Crippen molar-refractivity contribution < 1.29 is 28.7 Å². The maximum Gasteiger partial charge on any atom is 0.308 e. The third-order valence-corrected chi connectivity index (χ3v) is 6.45. The van der Waals surface area contributed by atoms with E-state index in [1.54, 1.807) is 0 Å². The molecule has 1 saturated heterocycles. The second-order valence-electron chi connectivity index (χ2n) is 9.05. The van der Waals surface area contributed by atoms with E-state index in [0.29, 0.717) is 29.3 Å². The zero-order valence-electron chi connectivity index (χ0n) is 18.6. The Morgan fingerprint density at radius 2 is 1.88 bits per heavy atom. The minimum Gasteiger partial charge on any atom is -0.492 e. The summed E-state index contributed by atoms with van der Waals surface area (Å²) in [6, 6.07) is 15.5. The first-order chi connectivity index (χ1) is 15.9. The summed E-state index contributed by atoms with van der Waals surface area (Å²) in [6.45, 7) is 6.30. The maximum absolute atomic E-state index is 11.5. The number of rotatable bonds is 3. The van der Waals surface area contributed by atoms with Gasteiger partial charge in [0.25, 0.3) is 0 Å². The third-order valence-electron chi connectivity index (χ3n) is 6.45. The molecule has 3 atom stereocenters. The van der Waals surface area contributed by atoms with E-state index in [9.17, 15) is 5.11 Å². The van der Waals surface area contributed by atoms with Crippen LogP contribution in [-0.2, 0) is 20.1 Å². The molecule has 0 saturated carbocycles. The summed E-state index contributed by atoms with van der Waals surface area (Å²) in [5, 5.41) is 20.0. The predicted molar refractivity (Wildman–Crippen MR) is 117 cm³/mol. The van der Waals surface area contributed by atoms with Crippen LogP contribution < -0.4 is 4.74 Å². The topological polar surface area (TPSA) is 95.5 Å². The van der Waals surface area contributed by atoms with Gasteiger partial charge in [0.2, 0.25) is 5.76 Å². The van der Waals surface area contributed by atoms with Crippen LogP contribution in [0.5, 0.6) is 5.75 Å². The Balaban J connectivity index is 1.30. The SMILES string of the molecule is Cc1c(-c2ccccc2)noc1C1(O)ON=C2c3ccc(C4COC(C)(C)O4)cc3OCC21. The van der Waals surface area contributed by atoms with Gasteiger partial charge in [-0.1, -0.05) is 46.7 Å². The van der Waals surface area contributed by atoms with E-state index in [1.165, 1.54) is 0 Å². The Hall–Kier alpha value is -3.20. The zero-order chi connectivity index (χ0) is 22.8. The van der Waals surface area contributed by atoms with Gasteiger partial charge in [0.05, 0.1) is 6.61 Å². The van der Waals surface area contributed by atoms with Gasteiger partial charge in [-0.25, -0.2) is 0 Å². The van der Waals surface area contributed by atoms with Crippen LogP contribution >= 0.6 is 0 Å². The van der Waals surface area contributed by atoms with Crippen molar-refractivity contribution in [1.29, 1.82) is 0 Å². The lowest BCUT2D eigenvalue weighted by Gasteiger charge is -2.30. The smallest absolute Gasteiger partial charge is 0.308 e. The van der Waals surface area contributed by atoms with Crippen molar-refractivity contribution >= 4 is 5.71 Å². The molecule has 1 aromatic heterocycles. The van der Waals surface area contributed by atoms with Gasteiger partial charge in [-0.3, -0.25) is 0 Å². The van der Waals surface area contributed by atoms with Crippen LogP contribution in [0.2, 0.25) is 0 Å². The Labute approximate surface area is 190 Å². The molecule has 3 aromatic rings. The molecule has 3 unspecified atom stereocenters. The van der Waals surface area contributed by atoms with Gasteiger partial charge >= 0.3 is 5.79 Å². The molecule has 0 bridgehead atoms. The molecular formula is C25H24N2O6. The van der Waals surface area contributed by atoms with E-state index in [4.69, 9.17) is 23.6 Å². The molecule has 8 nitrogen and oxygen atoms in total. The fourth-order valence-electron chi connectivity index (χ4n) is 4.69. The van der Waals surface area contributed by atoms with Gasteiger partial charge < -0.3 is 28.7 Å². The van der Waals surface area contributed by atoms with Crippen molar-refractivity contribution in [3.05, 3.63) is 71.0 Å². The lowest BCUT2D eigenvalue weighted by Crippen LogP contribution is -2.42. The molecule has 4 heterocycles. The average Bonchev–Trinajstić information content (AvgIpc) is 3.49. The van der Waals surface area contributed by atoms with Gasteiger partial charge in [0, 0.05) is 16.7 Å². The van der Waals surface area contributed by atoms with Crippen LogP contribution in [0.15, 0.2) is 58.2 Å². The highest BCUT2D eigenvalue weighted by Gasteiger charge is 2.56. The lowest BCUT2D eigenvalue weighted by molar-refractivity contribution is -0.234. The highest BCUT2D eigenvalue weighted by Crippen LogP contribution is 2.46. The van der Waals surface area contributed by atoms with Crippen molar-refractivity contribution in [3.63, 3.8) is 0 Å². The molecule has 2 aromatic carbocycles. The molecule has 3 aliphatic rings. The molecule has 0 amide bonds. The Kier molecular flexibility index (Phi) is 4.42. The molecule has 33 heavy (non-hydrogen) atoms. The molecule has 170 valence electrons. The number of benzene rings is 2. The molecule has 0 aliphatic carbocycles. The lowest BCUT2D eigenvalue weighted by atomic mass is 9.85. The van der Waals surface area contributed by atoms with E-state index in [2.05, 4.69) is 10.3 Å². The second-order valence-corrected chi connectivity index (χ2v) is 9.05. The summed E-state index contributed by atoms with van der Waals surface area (Å²) in [6.07, 6.45) is -0.168. The summed E-state index contributed by atoms with van der Waals surface area (Å²) in [4.78, 5) is 5.60. The first-order valence-electron chi connectivity index (χ1n) is 11.0. The number of ether oxygens (including phenoxy) is 3. The van der Waals surface area contributed by atoms with E-state index < -0.39 is 17.5 Å². The molecule has 1 N–H and O–H groups in total. The van der Waals surface area contributed by atoms with E-state index in [-0.39, 0.29) is 18.5 Å². The van der Waals surface area contributed by atoms with Gasteiger partial charge in [-0.05, 0) is 38.5 Å². The van der Waals surface area contributed by atoms with Crippen molar-refractivity contribution in [3.8, 4) is 17.0 Å². The Morgan fingerprint density at radius 3 is 2.64 bits per heavy atom. The molecule has 0 radical (unpaired) electrons. The minimum absolute atomic E-state index is 0.168. The molecule has 6 rings (SSSR count). The summed E-state index contributed by atoms with van der Waals surface area (Å²) >= 11 is 0. The number of hydrogen-bond acceptors (Lipinski definition) is 8. The first kappa shape index (κ1) is 20.4. The normalized spacial score (nSPS) is 27.3. The highest BCUT2D eigenvalue weighted by atomic mass is 16.8. The fourth-order valence-corrected chi connectivity index (χ4v) is 4.69.